The van der Waals surface area contributed by atoms with Gasteiger partial charge in [-0.1, -0.05) is 31.4 Å². The second kappa shape index (κ2) is 6.24. The molecule has 0 saturated heterocycles. The van der Waals surface area contributed by atoms with E-state index in [1.165, 1.54) is 12.5 Å². The molecule has 1 saturated carbocycles. The minimum Gasteiger partial charge on any atom is -0.437 e. The van der Waals surface area contributed by atoms with Crippen molar-refractivity contribution >= 4 is 22.1 Å². The number of furan rings is 1. The van der Waals surface area contributed by atoms with Crippen LogP contribution in [0.5, 0.6) is 0 Å². The van der Waals surface area contributed by atoms with E-state index in [2.05, 4.69) is 9.97 Å². The van der Waals surface area contributed by atoms with Crippen molar-refractivity contribution < 1.29 is 9.90 Å². The van der Waals surface area contributed by atoms with E-state index in [9.17, 15) is 0 Å². The molecule has 3 heteroatoms. The molecule has 3 nitrogen and oxygen atoms in total. The van der Waals surface area contributed by atoms with E-state index in [0.717, 1.165) is 53.3 Å². The lowest BCUT2D eigenvalue weighted by atomic mass is 9.84. The van der Waals surface area contributed by atoms with Crippen molar-refractivity contribution in [3.8, 4) is 11.3 Å². The molecule has 0 unspecified atom stereocenters. The quantitative estimate of drug-likeness (QED) is 0.421. The van der Waals surface area contributed by atoms with Crippen LogP contribution in [0.4, 0.5) is 0 Å². The van der Waals surface area contributed by atoms with E-state index in [1.54, 1.807) is 12.3 Å². The molecule has 0 atom stereocenters. The van der Waals surface area contributed by atoms with Crippen LogP contribution in [0.1, 0.15) is 54.7 Å². The Kier molecular flexibility index (Phi) is 2.84. The maximum absolute atomic E-state index is 8.94. The van der Waals surface area contributed by atoms with Crippen LogP contribution >= 0.6 is 0 Å². The molecule has 4 aromatic rings. The fourth-order valence-corrected chi connectivity index (χ4v) is 3.95. The first-order valence-electron chi connectivity index (χ1n) is 11.1. The largest absolute Gasteiger partial charge is 0.437 e. The monoisotopic (exact) mass is 346 g/mol. The maximum Gasteiger partial charge on any atom is 0.227 e. The van der Waals surface area contributed by atoms with Crippen molar-refractivity contribution in [3.63, 3.8) is 0 Å². The number of nitrogens with zero attached hydrogens (tertiary/aromatic N) is 2. The van der Waals surface area contributed by atoms with Crippen molar-refractivity contribution in [1.82, 2.24) is 9.97 Å². The Bertz CT molecular complexity index is 1240. The highest BCUT2D eigenvalue weighted by atomic mass is 16.3. The van der Waals surface area contributed by atoms with Crippen molar-refractivity contribution in [2.24, 2.45) is 0 Å². The SMILES string of the molecule is [2H]C([2H])([2H])c1ccc2c(n1)oc1c(-c3cc(C4([2H])CCCCC4)ccn3)cccc12. The fraction of sp³-hybridized carbons (Fsp3) is 0.304. The molecular weight excluding hydrogens is 320 g/mol. The van der Waals surface area contributed by atoms with Crippen LogP contribution < -0.4 is 0 Å². The summed E-state index contributed by atoms with van der Waals surface area (Å²) < 4.78 is 37.8. The number of aryl methyl sites for hydroxylation is 1. The first-order chi connectivity index (χ1) is 14.4. The number of fused-ring (bicyclic) bond motifs is 3. The highest BCUT2D eigenvalue weighted by Gasteiger charge is 2.18. The summed E-state index contributed by atoms with van der Waals surface area (Å²) in [5, 5.41) is 1.65. The Morgan fingerprint density at radius 3 is 2.88 bits per heavy atom. The Morgan fingerprint density at radius 1 is 1.08 bits per heavy atom. The van der Waals surface area contributed by atoms with Crippen molar-refractivity contribution in [1.29, 1.82) is 0 Å². The first-order valence-corrected chi connectivity index (χ1v) is 9.15. The van der Waals surface area contributed by atoms with E-state index in [0.29, 0.717) is 11.3 Å². The molecule has 1 fully saturated rings. The number of pyridine rings is 2. The second-order valence-corrected chi connectivity index (χ2v) is 6.93. The molecule has 0 spiro atoms. The van der Waals surface area contributed by atoms with Crippen molar-refractivity contribution in [3.05, 3.63) is 59.9 Å². The highest BCUT2D eigenvalue weighted by molar-refractivity contribution is 6.08. The number of benzene rings is 1. The summed E-state index contributed by atoms with van der Waals surface area (Å²) in [4.78, 5) is 8.80. The molecule has 0 N–H and O–H groups in total. The number of aromatic nitrogens is 2. The molecule has 3 aromatic heterocycles. The van der Waals surface area contributed by atoms with E-state index in [-0.39, 0.29) is 5.69 Å². The average molecular weight is 346 g/mol. The third kappa shape index (κ3) is 2.59. The van der Waals surface area contributed by atoms with Gasteiger partial charge in [0.05, 0.1) is 5.69 Å². The zero-order valence-corrected chi connectivity index (χ0v) is 14.5. The molecule has 3 heterocycles. The molecule has 0 amide bonds. The van der Waals surface area contributed by atoms with Gasteiger partial charge in [-0.15, -0.1) is 0 Å². The van der Waals surface area contributed by atoms with Crippen LogP contribution in [-0.2, 0) is 0 Å². The van der Waals surface area contributed by atoms with Gasteiger partial charge in [0.15, 0.2) is 0 Å². The standard InChI is InChI=1S/C23H22N2O/c1-15-10-11-19-18-8-5-9-20(22(18)26-23(19)25-15)21-14-17(12-13-24-21)16-6-3-2-4-7-16/h5,8-14,16H,2-4,6-7H2,1H3/i1D3,16D. The summed E-state index contributed by atoms with van der Waals surface area (Å²) in [7, 11) is 0. The maximum atomic E-state index is 8.94. The summed E-state index contributed by atoms with van der Waals surface area (Å²) in [6.45, 7) is -2.28. The van der Waals surface area contributed by atoms with Gasteiger partial charge in [0.25, 0.3) is 0 Å². The predicted octanol–water partition coefficient (Wildman–Crippen LogP) is 6.40. The zero-order valence-electron chi connectivity index (χ0n) is 18.5. The highest BCUT2D eigenvalue weighted by Crippen LogP contribution is 2.37. The van der Waals surface area contributed by atoms with Gasteiger partial charge >= 0.3 is 0 Å². The van der Waals surface area contributed by atoms with Crippen LogP contribution in [0.25, 0.3) is 33.3 Å². The third-order valence-electron chi connectivity index (χ3n) is 5.27. The minimum absolute atomic E-state index is 0.0178. The number of rotatable bonds is 2. The van der Waals surface area contributed by atoms with E-state index in [1.807, 2.05) is 30.3 Å². The Labute approximate surface area is 158 Å². The fourth-order valence-electron chi connectivity index (χ4n) is 3.95. The Morgan fingerprint density at radius 2 is 2.00 bits per heavy atom. The second-order valence-electron chi connectivity index (χ2n) is 6.93. The summed E-state index contributed by atoms with van der Waals surface area (Å²) >= 11 is 0. The van der Waals surface area contributed by atoms with Crippen molar-refractivity contribution in [2.75, 3.05) is 0 Å². The van der Waals surface area contributed by atoms with Crippen LogP contribution in [0, 0.1) is 6.85 Å². The van der Waals surface area contributed by atoms with Crippen LogP contribution in [0.2, 0.25) is 0 Å². The summed E-state index contributed by atoms with van der Waals surface area (Å²) in [5.74, 6) is -0.562. The Hall–Kier alpha value is -2.68. The van der Waals surface area contributed by atoms with E-state index < -0.39 is 12.7 Å². The topological polar surface area (TPSA) is 38.9 Å². The molecule has 1 aromatic carbocycles. The molecular formula is C23H22N2O. The average Bonchev–Trinajstić information content (AvgIpc) is 3.12. The van der Waals surface area contributed by atoms with Crippen LogP contribution in [0.3, 0.4) is 0 Å². The molecule has 1 aliphatic rings. The first kappa shape index (κ1) is 11.8. The predicted molar refractivity (Wildman–Crippen MR) is 105 cm³/mol. The molecule has 0 radical (unpaired) electrons. The van der Waals surface area contributed by atoms with Gasteiger partial charge in [-0.3, -0.25) is 4.98 Å². The van der Waals surface area contributed by atoms with Gasteiger partial charge in [0.1, 0.15) is 5.58 Å². The molecule has 1 aliphatic carbocycles. The normalized spacial score (nSPS) is 19.7. The molecule has 26 heavy (non-hydrogen) atoms. The van der Waals surface area contributed by atoms with E-state index in [4.69, 9.17) is 9.90 Å². The summed E-state index contributed by atoms with van der Waals surface area (Å²) in [5.41, 5.74) is 3.53. The molecule has 5 rings (SSSR count). The van der Waals surface area contributed by atoms with Gasteiger partial charge in [-0.25, -0.2) is 4.98 Å². The molecule has 0 aliphatic heterocycles. The van der Waals surface area contributed by atoms with Gasteiger partial charge in [0.2, 0.25) is 5.71 Å². The number of hydrogen-bond donors (Lipinski definition) is 0. The number of hydrogen-bond acceptors (Lipinski definition) is 3. The van der Waals surface area contributed by atoms with Gasteiger partial charge in [0, 0.05) is 33.7 Å². The van der Waals surface area contributed by atoms with E-state index >= 15 is 0 Å². The summed E-state index contributed by atoms with van der Waals surface area (Å²) in [6.07, 6.45) is 6.86. The lowest BCUT2D eigenvalue weighted by Crippen LogP contribution is -2.04. The van der Waals surface area contributed by atoms with Crippen LogP contribution in [0.15, 0.2) is 53.1 Å². The molecule has 0 bridgehead atoms. The van der Waals surface area contributed by atoms with Gasteiger partial charge in [-0.2, -0.15) is 0 Å². The van der Waals surface area contributed by atoms with Gasteiger partial charge in [-0.05, 0) is 61.5 Å². The molecule has 130 valence electrons. The lowest BCUT2D eigenvalue weighted by Gasteiger charge is -2.22. The summed E-state index contributed by atoms with van der Waals surface area (Å²) in [6, 6.07) is 13.1. The zero-order chi connectivity index (χ0) is 20.9. The smallest absolute Gasteiger partial charge is 0.227 e. The van der Waals surface area contributed by atoms with Crippen molar-refractivity contribution in [2.45, 2.75) is 44.8 Å². The minimum atomic E-state index is -2.28. The van der Waals surface area contributed by atoms with Gasteiger partial charge < -0.3 is 4.42 Å². The number of para-hydroxylation sites is 1. The third-order valence-corrected chi connectivity index (χ3v) is 5.27. The lowest BCUT2D eigenvalue weighted by molar-refractivity contribution is 0.443. The van der Waals surface area contributed by atoms with Crippen LogP contribution in [-0.4, -0.2) is 9.97 Å². The Balaban J connectivity index is 1.65.